The minimum atomic E-state index is -4.19. The van der Waals surface area contributed by atoms with Gasteiger partial charge in [-0.1, -0.05) is 83.9 Å². The maximum atomic E-state index is 14.7. The lowest BCUT2D eigenvalue weighted by molar-refractivity contribution is -0.140. The zero-order valence-corrected chi connectivity index (χ0v) is 28.8. The molecule has 0 aromatic heterocycles. The molecule has 0 heterocycles. The Morgan fingerprint density at radius 2 is 1.43 bits per heavy atom. The number of sulfonamides is 1. The minimum absolute atomic E-state index is 0.0413. The van der Waals surface area contributed by atoms with Gasteiger partial charge in [0.15, 0.2) is 0 Å². The van der Waals surface area contributed by atoms with Gasteiger partial charge in [-0.2, -0.15) is 0 Å². The van der Waals surface area contributed by atoms with E-state index in [2.05, 4.69) is 5.32 Å². The van der Waals surface area contributed by atoms with Crippen LogP contribution in [0.1, 0.15) is 48.6 Å². The van der Waals surface area contributed by atoms with Crippen molar-refractivity contribution in [1.82, 2.24) is 10.2 Å². The first-order valence-electron chi connectivity index (χ1n) is 15.2. The molecule has 2 amide bonds. The van der Waals surface area contributed by atoms with E-state index in [1.54, 1.807) is 48.5 Å². The average Bonchev–Trinajstić information content (AvgIpc) is 2.98. The predicted octanol–water partition coefficient (Wildman–Crippen LogP) is 7.02. The molecule has 7 nitrogen and oxygen atoms in total. The molecular weight excluding hydrogens is 618 g/mol. The van der Waals surface area contributed by atoms with Gasteiger partial charge in [0.25, 0.3) is 10.0 Å². The molecule has 0 aliphatic rings. The van der Waals surface area contributed by atoms with Crippen LogP contribution in [0.5, 0.6) is 0 Å². The zero-order valence-electron chi connectivity index (χ0n) is 27.2. The van der Waals surface area contributed by atoms with Crippen molar-refractivity contribution in [3.05, 3.63) is 130 Å². The van der Waals surface area contributed by atoms with Gasteiger partial charge in [0.1, 0.15) is 12.6 Å². The fraction of sp³-hybridized carbons (Fsp3) is 0.297. The Kier molecular flexibility index (Phi) is 11.0. The minimum Gasteiger partial charge on any atom is -0.350 e. The molecule has 1 N–H and O–H groups in total. The van der Waals surface area contributed by atoms with Crippen molar-refractivity contribution in [2.45, 2.75) is 71.0 Å². The van der Waals surface area contributed by atoms with Gasteiger partial charge in [-0.15, -0.1) is 0 Å². The van der Waals surface area contributed by atoms with E-state index >= 15 is 0 Å². The van der Waals surface area contributed by atoms with E-state index in [-0.39, 0.29) is 23.8 Å². The molecule has 1 atom stereocenters. The fourth-order valence-corrected chi connectivity index (χ4v) is 6.86. The normalized spacial score (nSPS) is 12.3. The summed E-state index contributed by atoms with van der Waals surface area (Å²) in [6, 6.07) is 27.7. The Labute approximate surface area is 278 Å². The second kappa shape index (κ2) is 14.5. The molecule has 0 saturated heterocycles. The van der Waals surface area contributed by atoms with Gasteiger partial charge in [-0.25, -0.2) is 8.42 Å². The molecule has 46 heavy (non-hydrogen) atoms. The van der Waals surface area contributed by atoms with Crippen LogP contribution in [0.4, 0.5) is 5.69 Å². The van der Waals surface area contributed by atoms with Crippen LogP contribution in [0.15, 0.2) is 102 Å². The van der Waals surface area contributed by atoms with Crippen LogP contribution in [0.3, 0.4) is 0 Å². The van der Waals surface area contributed by atoms with Gasteiger partial charge in [-0.3, -0.25) is 13.9 Å². The standard InChI is InChI=1S/C37H42ClN3O4S/c1-26-16-19-32(20-17-26)46(44,45)41(33-21-27(2)15-18-28(33)3)25-35(42)40(24-30-13-10-14-31(38)22-30)34(36(43)39-37(4,5)6)23-29-11-8-7-9-12-29/h7-22,34H,23-25H2,1-6H3,(H,39,43). The van der Waals surface area contributed by atoms with Crippen molar-refractivity contribution in [3.63, 3.8) is 0 Å². The molecule has 0 bridgehead atoms. The quantitative estimate of drug-likeness (QED) is 0.188. The number of benzene rings is 4. The number of aryl methyl sites for hydroxylation is 3. The second-order valence-electron chi connectivity index (χ2n) is 12.7. The smallest absolute Gasteiger partial charge is 0.264 e. The Hall–Kier alpha value is -4.14. The first-order valence-corrected chi connectivity index (χ1v) is 17.0. The van der Waals surface area contributed by atoms with Crippen LogP contribution in [0.25, 0.3) is 0 Å². The molecule has 4 aromatic carbocycles. The third kappa shape index (κ3) is 8.98. The summed E-state index contributed by atoms with van der Waals surface area (Å²) in [4.78, 5) is 30.2. The summed E-state index contributed by atoms with van der Waals surface area (Å²) in [6.45, 7) is 10.7. The number of anilines is 1. The van der Waals surface area contributed by atoms with E-state index in [9.17, 15) is 18.0 Å². The average molecular weight is 660 g/mol. The summed E-state index contributed by atoms with van der Waals surface area (Å²) in [5.74, 6) is -0.868. The number of halogens is 1. The maximum absolute atomic E-state index is 14.7. The summed E-state index contributed by atoms with van der Waals surface area (Å²) in [7, 11) is -4.19. The Morgan fingerprint density at radius 1 is 0.804 bits per heavy atom. The predicted molar refractivity (Wildman–Crippen MR) is 185 cm³/mol. The summed E-state index contributed by atoms with van der Waals surface area (Å²) in [5.41, 5.74) is 3.85. The lowest BCUT2D eigenvalue weighted by Gasteiger charge is -2.35. The Balaban J connectivity index is 1.85. The Morgan fingerprint density at radius 3 is 2.07 bits per heavy atom. The molecule has 0 radical (unpaired) electrons. The highest BCUT2D eigenvalue weighted by molar-refractivity contribution is 7.92. The monoisotopic (exact) mass is 659 g/mol. The van der Waals surface area contributed by atoms with Crippen molar-refractivity contribution in [1.29, 1.82) is 0 Å². The SMILES string of the molecule is Cc1ccc(S(=O)(=O)N(CC(=O)N(Cc2cccc(Cl)c2)C(Cc2ccccc2)C(=O)NC(C)(C)C)c2cc(C)ccc2C)cc1. The van der Waals surface area contributed by atoms with Crippen LogP contribution in [0, 0.1) is 20.8 Å². The van der Waals surface area contributed by atoms with Gasteiger partial charge in [0.2, 0.25) is 11.8 Å². The molecule has 0 saturated carbocycles. The molecule has 4 aromatic rings. The molecule has 0 aliphatic heterocycles. The summed E-state index contributed by atoms with van der Waals surface area (Å²) >= 11 is 6.33. The fourth-order valence-electron chi connectivity index (χ4n) is 5.18. The van der Waals surface area contributed by atoms with E-state index in [1.165, 1.54) is 4.90 Å². The highest BCUT2D eigenvalue weighted by Gasteiger charge is 2.36. The van der Waals surface area contributed by atoms with Crippen molar-refractivity contribution in [3.8, 4) is 0 Å². The van der Waals surface area contributed by atoms with E-state index in [1.807, 2.05) is 90.1 Å². The number of rotatable bonds is 11. The number of carbonyl (C=O) groups is 2. The summed E-state index contributed by atoms with van der Waals surface area (Å²) in [5, 5.41) is 3.53. The summed E-state index contributed by atoms with van der Waals surface area (Å²) < 4.78 is 29.8. The van der Waals surface area contributed by atoms with E-state index in [0.29, 0.717) is 21.8 Å². The number of nitrogens with one attached hydrogen (secondary N) is 1. The number of amides is 2. The summed E-state index contributed by atoms with van der Waals surface area (Å²) in [6.07, 6.45) is 0.225. The van der Waals surface area contributed by atoms with Crippen molar-refractivity contribution < 1.29 is 18.0 Å². The first-order chi connectivity index (χ1) is 21.6. The van der Waals surface area contributed by atoms with Crippen LogP contribution in [-0.2, 0) is 32.6 Å². The Bertz CT molecular complexity index is 1790. The van der Waals surface area contributed by atoms with E-state index < -0.39 is 34.1 Å². The largest absolute Gasteiger partial charge is 0.350 e. The molecular formula is C37H42ClN3O4S. The topological polar surface area (TPSA) is 86.8 Å². The number of carbonyl (C=O) groups excluding carboxylic acids is 2. The van der Waals surface area contributed by atoms with Crippen molar-refractivity contribution in [2.24, 2.45) is 0 Å². The lowest BCUT2D eigenvalue weighted by Crippen LogP contribution is -2.56. The molecule has 0 fully saturated rings. The van der Waals surface area contributed by atoms with Crippen LogP contribution < -0.4 is 9.62 Å². The van der Waals surface area contributed by atoms with E-state index in [0.717, 1.165) is 21.0 Å². The molecule has 9 heteroatoms. The number of hydrogen-bond acceptors (Lipinski definition) is 4. The molecule has 242 valence electrons. The lowest BCUT2D eigenvalue weighted by atomic mass is 10.0. The van der Waals surface area contributed by atoms with Gasteiger partial charge in [0, 0.05) is 23.5 Å². The van der Waals surface area contributed by atoms with E-state index in [4.69, 9.17) is 11.6 Å². The molecule has 1 unspecified atom stereocenters. The van der Waals surface area contributed by atoms with Crippen LogP contribution >= 0.6 is 11.6 Å². The van der Waals surface area contributed by atoms with Crippen LogP contribution in [-0.4, -0.2) is 43.3 Å². The van der Waals surface area contributed by atoms with Crippen molar-refractivity contribution in [2.75, 3.05) is 10.8 Å². The van der Waals surface area contributed by atoms with Gasteiger partial charge in [0.05, 0.1) is 10.6 Å². The van der Waals surface area contributed by atoms with Gasteiger partial charge in [-0.05, 0) is 94.1 Å². The van der Waals surface area contributed by atoms with Gasteiger partial charge >= 0.3 is 0 Å². The third-order valence-electron chi connectivity index (χ3n) is 7.53. The van der Waals surface area contributed by atoms with Crippen LogP contribution in [0.2, 0.25) is 5.02 Å². The maximum Gasteiger partial charge on any atom is 0.264 e. The molecule has 0 spiro atoms. The molecule has 4 rings (SSSR count). The van der Waals surface area contributed by atoms with Gasteiger partial charge < -0.3 is 10.2 Å². The number of hydrogen-bond donors (Lipinski definition) is 1. The third-order valence-corrected chi connectivity index (χ3v) is 9.54. The number of nitrogens with zero attached hydrogens (tertiary/aromatic N) is 2. The highest BCUT2D eigenvalue weighted by atomic mass is 35.5. The first kappa shape index (κ1) is 34.7. The zero-order chi connectivity index (χ0) is 33.6. The highest BCUT2D eigenvalue weighted by Crippen LogP contribution is 2.29. The second-order valence-corrected chi connectivity index (χ2v) is 15.0. The molecule has 0 aliphatic carbocycles. The van der Waals surface area contributed by atoms with Crippen molar-refractivity contribution >= 4 is 39.1 Å².